The lowest BCUT2D eigenvalue weighted by Crippen LogP contribution is -2.18. The first-order chi connectivity index (χ1) is 12.6. The first kappa shape index (κ1) is 18.2. The van der Waals surface area contributed by atoms with Crippen LogP contribution < -0.4 is 10.2 Å². The van der Waals surface area contributed by atoms with E-state index in [1.54, 1.807) is 24.4 Å². The number of nitrogens with one attached hydrogen (secondary N) is 1. The first-order valence-electron chi connectivity index (χ1n) is 8.12. The van der Waals surface area contributed by atoms with Crippen LogP contribution in [0.4, 0.5) is 17.1 Å². The van der Waals surface area contributed by atoms with Crippen molar-refractivity contribution in [1.29, 1.82) is 0 Å². The molecule has 1 amide bonds. The third-order valence-electron chi connectivity index (χ3n) is 3.86. The maximum Gasteiger partial charge on any atom is 0.257 e. The molecule has 0 bridgehead atoms. The van der Waals surface area contributed by atoms with Gasteiger partial charge in [0.15, 0.2) is 0 Å². The van der Waals surface area contributed by atoms with E-state index in [0.29, 0.717) is 21.3 Å². The SMILES string of the molecule is CCN(c1ccccc1)c1cncc(C(=O)Nc2ccc(Cl)c(Cl)c2)c1. The van der Waals surface area contributed by atoms with Crippen LogP contribution in [0.3, 0.4) is 0 Å². The number of pyridine rings is 1. The highest BCUT2D eigenvalue weighted by molar-refractivity contribution is 6.42. The molecule has 0 aliphatic heterocycles. The molecule has 0 spiro atoms. The van der Waals surface area contributed by atoms with Gasteiger partial charge in [0.2, 0.25) is 0 Å². The van der Waals surface area contributed by atoms with Crippen LogP contribution in [0, 0.1) is 0 Å². The number of rotatable bonds is 5. The minimum atomic E-state index is -0.262. The van der Waals surface area contributed by atoms with Crippen molar-refractivity contribution in [2.45, 2.75) is 6.92 Å². The quantitative estimate of drug-likeness (QED) is 0.603. The predicted molar refractivity (Wildman–Crippen MR) is 108 cm³/mol. The maximum atomic E-state index is 12.6. The second kappa shape index (κ2) is 8.21. The Hall–Kier alpha value is -2.56. The highest BCUT2D eigenvalue weighted by Crippen LogP contribution is 2.27. The topological polar surface area (TPSA) is 45.2 Å². The summed E-state index contributed by atoms with van der Waals surface area (Å²) < 4.78 is 0. The van der Waals surface area contributed by atoms with Crippen LogP contribution in [0.5, 0.6) is 0 Å². The lowest BCUT2D eigenvalue weighted by atomic mass is 10.2. The van der Waals surface area contributed by atoms with Gasteiger partial charge in [0.25, 0.3) is 5.91 Å². The second-order valence-electron chi connectivity index (χ2n) is 5.59. The lowest BCUT2D eigenvalue weighted by molar-refractivity contribution is 0.102. The third-order valence-corrected chi connectivity index (χ3v) is 4.60. The number of anilines is 3. The molecule has 0 saturated carbocycles. The normalized spacial score (nSPS) is 10.4. The van der Waals surface area contributed by atoms with E-state index in [-0.39, 0.29) is 5.91 Å². The third kappa shape index (κ3) is 4.15. The van der Waals surface area contributed by atoms with Gasteiger partial charge in [-0.25, -0.2) is 0 Å². The van der Waals surface area contributed by atoms with Gasteiger partial charge in [-0.05, 0) is 43.3 Å². The highest BCUT2D eigenvalue weighted by atomic mass is 35.5. The van der Waals surface area contributed by atoms with Crippen molar-refractivity contribution in [3.05, 3.63) is 82.6 Å². The largest absolute Gasteiger partial charge is 0.340 e. The van der Waals surface area contributed by atoms with E-state index in [4.69, 9.17) is 23.2 Å². The highest BCUT2D eigenvalue weighted by Gasteiger charge is 2.12. The van der Waals surface area contributed by atoms with Gasteiger partial charge in [0.05, 0.1) is 27.5 Å². The molecule has 0 atom stereocenters. The van der Waals surface area contributed by atoms with E-state index in [2.05, 4.69) is 22.1 Å². The van der Waals surface area contributed by atoms with Crippen LogP contribution in [0.1, 0.15) is 17.3 Å². The van der Waals surface area contributed by atoms with Crippen LogP contribution in [-0.2, 0) is 0 Å². The zero-order valence-corrected chi connectivity index (χ0v) is 15.6. The van der Waals surface area contributed by atoms with E-state index in [1.165, 1.54) is 6.20 Å². The number of para-hydroxylation sites is 1. The fraction of sp³-hybridized carbons (Fsp3) is 0.100. The maximum absolute atomic E-state index is 12.6. The van der Waals surface area contributed by atoms with Crippen LogP contribution >= 0.6 is 23.2 Å². The Morgan fingerprint density at radius 2 is 1.77 bits per heavy atom. The fourth-order valence-corrected chi connectivity index (χ4v) is 2.90. The van der Waals surface area contributed by atoms with Gasteiger partial charge < -0.3 is 10.2 Å². The molecule has 132 valence electrons. The first-order valence-corrected chi connectivity index (χ1v) is 8.88. The van der Waals surface area contributed by atoms with E-state index in [9.17, 15) is 4.79 Å². The van der Waals surface area contributed by atoms with Gasteiger partial charge in [0, 0.05) is 24.1 Å². The van der Waals surface area contributed by atoms with Crippen LogP contribution in [0.2, 0.25) is 10.0 Å². The molecule has 0 fully saturated rings. The van der Waals surface area contributed by atoms with Crippen molar-refractivity contribution < 1.29 is 4.79 Å². The second-order valence-corrected chi connectivity index (χ2v) is 6.41. The van der Waals surface area contributed by atoms with Gasteiger partial charge >= 0.3 is 0 Å². The van der Waals surface area contributed by atoms with Crippen molar-refractivity contribution in [3.63, 3.8) is 0 Å². The molecule has 0 unspecified atom stereocenters. The average Bonchev–Trinajstić information content (AvgIpc) is 2.66. The van der Waals surface area contributed by atoms with Crippen molar-refractivity contribution in [2.75, 3.05) is 16.8 Å². The number of nitrogens with zero attached hydrogens (tertiary/aromatic N) is 2. The molecule has 0 aliphatic rings. The lowest BCUT2D eigenvalue weighted by Gasteiger charge is -2.23. The summed E-state index contributed by atoms with van der Waals surface area (Å²) in [6, 6.07) is 16.7. The fourth-order valence-electron chi connectivity index (χ4n) is 2.60. The molecule has 26 heavy (non-hydrogen) atoms. The van der Waals surface area contributed by atoms with Crippen LogP contribution in [0.25, 0.3) is 0 Å². The number of carbonyl (C=O) groups is 1. The molecule has 3 aromatic rings. The Labute approximate surface area is 162 Å². The standard InChI is InChI=1S/C20H17Cl2N3O/c1-2-25(16-6-4-3-5-7-16)17-10-14(12-23-13-17)20(26)24-15-8-9-18(21)19(22)11-15/h3-13H,2H2,1H3,(H,24,26). The summed E-state index contributed by atoms with van der Waals surface area (Å²) in [4.78, 5) is 18.9. The molecule has 2 aromatic carbocycles. The van der Waals surface area contributed by atoms with Gasteiger partial charge in [-0.1, -0.05) is 41.4 Å². The van der Waals surface area contributed by atoms with E-state index in [0.717, 1.165) is 17.9 Å². The summed E-state index contributed by atoms with van der Waals surface area (Å²) in [5.74, 6) is -0.262. The predicted octanol–water partition coefficient (Wildman–Crippen LogP) is 5.80. The van der Waals surface area contributed by atoms with Gasteiger partial charge in [0.1, 0.15) is 0 Å². The van der Waals surface area contributed by atoms with Crippen molar-refractivity contribution in [2.24, 2.45) is 0 Å². The Bertz CT molecular complexity index is 916. The molecule has 1 N–H and O–H groups in total. The molecule has 0 radical (unpaired) electrons. The van der Waals surface area contributed by atoms with Crippen molar-refractivity contribution in [1.82, 2.24) is 4.98 Å². The van der Waals surface area contributed by atoms with Crippen molar-refractivity contribution >= 4 is 46.2 Å². The van der Waals surface area contributed by atoms with Crippen LogP contribution in [-0.4, -0.2) is 17.4 Å². The van der Waals surface area contributed by atoms with E-state index >= 15 is 0 Å². The molecule has 4 nitrogen and oxygen atoms in total. The Morgan fingerprint density at radius 3 is 2.46 bits per heavy atom. The number of amides is 1. The minimum Gasteiger partial charge on any atom is -0.340 e. The average molecular weight is 386 g/mol. The number of carbonyl (C=O) groups excluding carboxylic acids is 1. The Morgan fingerprint density at radius 1 is 1.00 bits per heavy atom. The minimum absolute atomic E-state index is 0.262. The zero-order chi connectivity index (χ0) is 18.5. The van der Waals surface area contributed by atoms with Crippen LogP contribution in [0.15, 0.2) is 67.0 Å². The summed E-state index contributed by atoms with van der Waals surface area (Å²) in [5, 5.41) is 3.64. The Kier molecular flexibility index (Phi) is 5.76. The molecular formula is C20H17Cl2N3O. The molecule has 6 heteroatoms. The zero-order valence-electron chi connectivity index (χ0n) is 14.1. The smallest absolute Gasteiger partial charge is 0.257 e. The summed E-state index contributed by atoms with van der Waals surface area (Å²) >= 11 is 11.9. The van der Waals surface area contributed by atoms with E-state index < -0.39 is 0 Å². The number of halogens is 2. The summed E-state index contributed by atoms with van der Waals surface area (Å²) in [6.07, 6.45) is 3.28. The van der Waals surface area contributed by atoms with Gasteiger partial charge in [-0.3, -0.25) is 9.78 Å². The molecule has 1 aromatic heterocycles. The molecule has 0 aliphatic carbocycles. The van der Waals surface area contributed by atoms with E-state index in [1.807, 2.05) is 36.4 Å². The molecule has 3 rings (SSSR count). The number of aromatic nitrogens is 1. The number of benzene rings is 2. The van der Waals surface area contributed by atoms with Gasteiger partial charge in [-0.2, -0.15) is 0 Å². The van der Waals surface area contributed by atoms with Gasteiger partial charge in [-0.15, -0.1) is 0 Å². The molecule has 0 saturated heterocycles. The van der Waals surface area contributed by atoms with Crippen molar-refractivity contribution in [3.8, 4) is 0 Å². The number of hydrogen-bond acceptors (Lipinski definition) is 3. The molecule has 1 heterocycles. The Balaban J connectivity index is 1.84. The summed E-state index contributed by atoms with van der Waals surface area (Å²) in [7, 11) is 0. The number of hydrogen-bond donors (Lipinski definition) is 1. The monoisotopic (exact) mass is 385 g/mol. The summed E-state index contributed by atoms with van der Waals surface area (Å²) in [5.41, 5.74) is 2.92. The summed E-state index contributed by atoms with van der Waals surface area (Å²) in [6.45, 7) is 2.80. The molecular weight excluding hydrogens is 369 g/mol.